The van der Waals surface area contributed by atoms with E-state index in [4.69, 9.17) is 32.4 Å². The van der Waals surface area contributed by atoms with Gasteiger partial charge in [-0.25, -0.2) is 0 Å². The van der Waals surface area contributed by atoms with Gasteiger partial charge < -0.3 is 9.15 Å². The number of halogens is 2. The molecule has 2 aromatic heterocycles. The summed E-state index contributed by atoms with van der Waals surface area (Å²) in [5.41, 5.74) is 0.512. The van der Waals surface area contributed by atoms with Crippen molar-refractivity contribution in [3.05, 3.63) is 52.4 Å². The zero-order chi connectivity index (χ0) is 18.0. The zero-order valence-electron chi connectivity index (χ0n) is 13.6. The normalized spacial score (nSPS) is 11.1. The number of carbonyl (C=O) groups excluding carboxylic acids is 1. The van der Waals surface area contributed by atoms with E-state index in [0.29, 0.717) is 22.2 Å². The smallest absolute Gasteiger partial charge is 0.336 e. The lowest BCUT2D eigenvalue weighted by Gasteiger charge is -2.05. The van der Waals surface area contributed by atoms with Crippen LogP contribution >= 0.6 is 23.2 Å². The van der Waals surface area contributed by atoms with E-state index in [1.165, 1.54) is 6.26 Å². The molecule has 0 fully saturated rings. The van der Waals surface area contributed by atoms with Gasteiger partial charge in [0.2, 0.25) is 0 Å². The SMILES string of the molecule is CC(C)COc1nc(-c2ccc(Cl)cc2Cl)n(C(=O)c2ccco2)n1. The quantitative estimate of drug-likeness (QED) is 0.649. The molecule has 130 valence electrons. The fourth-order valence-corrected chi connectivity index (χ4v) is 2.58. The van der Waals surface area contributed by atoms with Gasteiger partial charge in [-0.15, -0.1) is 5.10 Å². The maximum absolute atomic E-state index is 12.7. The summed E-state index contributed by atoms with van der Waals surface area (Å²) in [5, 5.41) is 4.99. The van der Waals surface area contributed by atoms with E-state index >= 15 is 0 Å². The Morgan fingerprint density at radius 1 is 1.32 bits per heavy atom. The molecule has 0 saturated heterocycles. The summed E-state index contributed by atoms with van der Waals surface area (Å²) >= 11 is 12.2. The van der Waals surface area contributed by atoms with Crippen molar-refractivity contribution in [3.63, 3.8) is 0 Å². The first-order valence-electron chi connectivity index (χ1n) is 7.59. The van der Waals surface area contributed by atoms with Crippen LogP contribution in [-0.4, -0.2) is 27.3 Å². The minimum absolute atomic E-state index is 0.0922. The third-order valence-corrected chi connectivity index (χ3v) is 3.78. The summed E-state index contributed by atoms with van der Waals surface area (Å²) in [5.74, 6) is 0.196. The van der Waals surface area contributed by atoms with Crippen LogP contribution in [0.3, 0.4) is 0 Å². The van der Waals surface area contributed by atoms with Crippen LogP contribution in [-0.2, 0) is 0 Å². The molecule has 0 N–H and O–H groups in total. The highest BCUT2D eigenvalue weighted by molar-refractivity contribution is 6.36. The minimum Gasteiger partial charge on any atom is -0.462 e. The molecule has 6 nitrogen and oxygen atoms in total. The largest absolute Gasteiger partial charge is 0.462 e. The first kappa shape index (κ1) is 17.5. The maximum atomic E-state index is 12.7. The second-order valence-corrected chi connectivity index (χ2v) is 6.58. The minimum atomic E-state index is -0.474. The van der Waals surface area contributed by atoms with Crippen LogP contribution in [0.5, 0.6) is 6.01 Å². The Balaban J connectivity index is 2.06. The summed E-state index contributed by atoms with van der Waals surface area (Å²) in [6.07, 6.45) is 1.41. The molecule has 0 atom stereocenters. The van der Waals surface area contributed by atoms with Crippen LogP contribution in [0.1, 0.15) is 24.4 Å². The van der Waals surface area contributed by atoms with Crippen molar-refractivity contribution in [1.29, 1.82) is 0 Å². The van der Waals surface area contributed by atoms with Crippen molar-refractivity contribution < 1.29 is 13.9 Å². The monoisotopic (exact) mass is 379 g/mol. The average molecular weight is 380 g/mol. The Bertz CT molecular complexity index is 889. The summed E-state index contributed by atoms with van der Waals surface area (Å²) in [7, 11) is 0. The fourth-order valence-electron chi connectivity index (χ4n) is 2.09. The van der Waals surface area contributed by atoms with E-state index in [1.54, 1.807) is 30.3 Å². The molecule has 0 saturated carbocycles. The average Bonchev–Trinajstić information content (AvgIpc) is 3.22. The van der Waals surface area contributed by atoms with Crippen LogP contribution in [0.2, 0.25) is 10.0 Å². The molecule has 0 aliphatic carbocycles. The number of nitrogens with zero attached hydrogens (tertiary/aromatic N) is 3. The Hall–Kier alpha value is -2.31. The second-order valence-electron chi connectivity index (χ2n) is 5.74. The highest BCUT2D eigenvalue weighted by Gasteiger charge is 2.23. The Morgan fingerprint density at radius 2 is 2.12 bits per heavy atom. The third-order valence-electron chi connectivity index (χ3n) is 3.23. The molecule has 0 radical (unpaired) electrons. The standard InChI is InChI=1S/C17H15Cl2N3O3/c1-10(2)9-25-17-20-15(12-6-5-11(18)8-13(12)19)22(21-17)16(23)14-4-3-7-24-14/h3-8,10H,9H2,1-2H3. The van der Waals surface area contributed by atoms with E-state index in [-0.39, 0.29) is 23.5 Å². The second kappa shape index (κ2) is 7.29. The maximum Gasteiger partial charge on any atom is 0.336 e. The lowest BCUT2D eigenvalue weighted by molar-refractivity contribution is 0.0916. The van der Waals surface area contributed by atoms with Crippen molar-refractivity contribution in [2.45, 2.75) is 13.8 Å². The molecule has 0 aliphatic heterocycles. The van der Waals surface area contributed by atoms with Crippen molar-refractivity contribution in [1.82, 2.24) is 14.8 Å². The molecule has 1 aromatic carbocycles. The first-order valence-corrected chi connectivity index (χ1v) is 8.35. The topological polar surface area (TPSA) is 70.2 Å². The lowest BCUT2D eigenvalue weighted by atomic mass is 10.2. The predicted molar refractivity (Wildman–Crippen MR) is 94.2 cm³/mol. The van der Waals surface area contributed by atoms with Gasteiger partial charge in [-0.05, 0) is 36.2 Å². The zero-order valence-corrected chi connectivity index (χ0v) is 15.1. The number of aromatic nitrogens is 3. The van der Waals surface area contributed by atoms with Gasteiger partial charge >= 0.3 is 11.9 Å². The number of ether oxygens (including phenoxy) is 1. The summed E-state index contributed by atoms with van der Waals surface area (Å²) in [6.45, 7) is 4.43. The summed E-state index contributed by atoms with van der Waals surface area (Å²) in [4.78, 5) is 17.0. The molecular weight excluding hydrogens is 365 g/mol. The van der Waals surface area contributed by atoms with Gasteiger partial charge in [-0.1, -0.05) is 37.0 Å². The molecule has 0 amide bonds. The van der Waals surface area contributed by atoms with Crippen LogP contribution in [0.25, 0.3) is 11.4 Å². The van der Waals surface area contributed by atoms with Crippen molar-refractivity contribution >= 4 is 29.1 Å². The Labute approximate surface area is 154 Å². The molecular formula is C17H15Cl2N3O3. The molecule has 25 heavy (non-hydrogen) atoms. The molecule has 3 rings (SSSR count). The van der Waals surface area contributed by atoms with Crippen LogP contribution in [0, 0.1) is 5.92 Å². The van der Waals surface area contributed by atoms with Crippen LogP contribution in [0.15, 0.2) is 41.0 Å². The van der Waals surface area contributed by atoms with Gasteiger partial charge in [0.05, 0.1) is 17.9 Å². The highest BCUT2D eigenvalue weighted by atomic mass is 35.5. The van der Waals surface area contributed by atoms with Gasteiger partial charge in [-0.2, -0.15) is 9.67 Å². The molecule has 0 aliphatic rings. The lowest BCUT2D eigenvalue weighted by Crippen LogP contribution is -2.15. The van der Waals surface area contributed by atoms with Crippen molar-refractivity contribution in [2.75, 3.05) is 6.61 Å². The number of rotatable bonds is 5. The summed E-state index contributed by atoms with van der Waals surface area (Å²) in [6, 6.07) is 8.17. The third kappa shape index (κ3) is 3.86. The van der Waals surface area contributed by atoms with E-state index in [9.17, 15) is 4.79 Å². The van der Waals surface area contributed by atoms with E-state index in [0.717, 1.165) is 4.68 Å². The molecule has 0 bridgehead atoms. The van der Waals surface area contributed by atoms with Gasteiger partial charge in [-0.3, -0.25) is 4.79 Å². The van der Waals surface area contributed by atoms with Crippen molar-refractivity contribution in [3.8, 4) is 17.4 Å². The fraction of sp³-hybridized carbons (Fsp3) is 0.235. The number of carbonyl (C=O) groups is 1. The summed E-state index contributed by atoms with van der Waals surface area (Å²) < 4.78 is 11.8. The Morgan fingerprint density at radius 3 is 2.76 bits per heavy atom. The van der Waals surface area contributed by atoms with Gasteiger partial charge in [0.1, 0.15) is 0 Å². The van der Waals surface area contributed by atoms with E-state index in [1.807, 2.05) is 13.8 Å². The number of furan rings is 1. The van der Waals surface area contributed by atoms with E-state index < -0.39 is 5.91 Å². The molecule has 8 heteroatoms. The van der Waals surface area contributed by atoms with Crippen LogP contribution in [0.4, 0.5) is 0 Å². The molecule has 2 heterocycles. The predicted octanol–water partition coefficient (Wildman–Crippen LogP) is 4.57. The van der Waals surface area contributed by atoms with E-state index in [2.05, 4.69) is 10.1 Å². The van der Waals surface area contributed by atoms with Crippen LogP contribution < -0.4 is 4.74 Å². The van der Waals surface area contributed by atoms with Gasteiger partial charge in [0.15, 0.2) is 11.6 Å². The highest BCUT2D eigenvalue weighted by Crippen LogP contribution is 2.30. The Kier molecular flexibility index (Phi) is 5.11. The number of hydrogen-bond donors (Lipinski definition) is 0. The van der Waals surface area contributed by atoms with Gasteiger partial charge in [0, 0.05) is 10.6 Å². The van der Waals surface area contributed by atoms with Gasteiger partial charge in [0.25, 0.3) is 0 Å². The molecule has 0 spiro atoms. The molecule has 3 aromatic rings. The first-order chi connectivity index (χ1) is 12.0. The van der Waals surface area contributed by atoms with Crippen molar-refractivity contribution in [2.24, 2.45) is 5.92 Å². The number of hydrogen-bond acceptors (Lipinski definition) is 5. The number of benzene rings is 1. The molecule has 0 unspecified atom stereocenters.